The molecule has 8 nitrogen and oxygen atoms in total. The van der Waals surface area contributed by atoms with Gasteiger partial charge in [-0.3, -0.25) is 4.79 Å². The van der Waals surface area contributed by atoms with E-state index in [0.29, 0.717) is 31.2 Å². The van der Waals surface area contributed by atoms with Gasteiger partial charge in [0.1, 0.15) is 6.10 Å². The van der Waals surface area contributed by atoms with Crippen molar-refractivity contribution in [3.63, 3.8) is 0 Å². The van der Waals surface area contributed by atoms with Crippen LogP contribution in [0.15, 0.2) is 54.6 Å². The summed E-state index contributed by atoms with van der Waals surface area (Å²) in [5.74, 6) is 0.407. The van der Waals surface area contributed by atoms with E-state index >= 15 is 0 Å². The van der Waals surface area contributed by atoms with Crippen LogP contribution in [0.5, 0.6) is 0 Å². The van der Waals surface area contributed by atoms with E-state index in [1.165, 1.54) is 13.5 Å². The first-order valence-electron chi connectivity index (χ1n) is 12.2. The number of ether oxygens (including phenoxy) is 3. The standard InChI is InChI=1S/C27H37N3O5/c1-28-24(16-20-8-7-14-34-19-20)18-30-26(31)23-12-6-11-22(17-23)25(21-9-4-3-5-10-21)35-15-13-29-27(32)33-2/h3-6,9-12,17,20,24-25,28H,7-8,13-16,18-19H2,1-2H3,(H,29,32)(H,30,31)/t20-,24+,25-/m1/s1. The Labute approximate surface area is 207 Å². The first-order chi connectivity index (χ1) is 17.1. The number of alkyl carbamates (subject to hydrolysis) is 1. The van der Waals surface area contributed by atoms with Gasteiger partial charge in [0.15, 0.2) is 0 Å². The molecule has 0 spiro atoms. The molecule has 1 aliphatic heterocycles. The molecule has 1 heterocycles. The molecule has 1 saturated heterocycles. The first-order valence-corrected chi connectivity index (χ1v) is 12.2. The molecular weight excluding hydrogens is 446 g/mol. The van der Waals surface area contributed by atoms with E-state index in [1.54, 1.807) is 0 Å². The van der Waals surface area contributed by atoms with Crippen LogP contribution < -0.4 is 16.0 Å². The number of nitrogens with one attached hydrogen (secondary N) is 3. The summed E-state index contributed by atoms with van der Waals surface area (Å²) in [5.41, 5.74) is 2.41. The summed E-state index contributed by atoms with van der Waals surface area (Å²) in [4.78, 5) is 24.3. The molecular formula is C27H37N3O5. The zero-order valence-electron chi connectivity index (χ0n) is 20.6. The summed E-state index contributed by atoms with van der Waals surface area (Å²) >= 11 is 0. The van der Waals surface area contributed by atoms with Crippen LogP contribution >= 0.6 is 0 Å². The maximum Gasteiger partial charge on any atom is 0.406 e. The minimum absolute atomic E-state index is 0.119. The number of carbonyl (C=O) groups is 2. The molecule has 1 aliphatic rings. The lowest BCUT2D eigenvalue weighted by molar-refractivity contribution is 0.0478. The lowest BCUT2D eigenvalue weighted by Crippen LogP contribution is -2.41. The molecule has 2 aromatic rings. The van der Waals surface area contributed by atoms with E-state index in [1.807, 2.05) is 61.6 Å². The second-order valence-corrected chi connectivity index (χ2v) is 8.72. The molecule has 1 fully saturated rings. The van der Waals surface area contributed by atoms with Crippen molar-refractivity contribution >= 4 is 12.0 Å². The van der Waals surface area contributed by atoms with Crippen LogP contribution in [0.3, 0.4) is 0 Å². The summed E-state index contributed by atoms with van der Waals surface area (Å²) in [5, 5.41) is 9.01. The lowest BCUT2D eigenvalue weighted by atomic mass is 9.94. The van der Waals surface area contributed by atoms with Crippen molar-refractivity contribution in [2.24, 2.45) is 5.92 Å². The van der Waals surface area contributed by atoms with Crippen LogP contribution in [0.2, 0.25) is 0 Å². The third kappa shape index (κ3) is 8.65. The zero-order chi connectivity index (χ0) is 24.9. The van der Waals surface area contributed by atoms with Gasteiger partial charge in [0.2, 0.25) is 0 Å². The number of methoxy groups -OCH3 is 1. The van der Waals surface area contributed by atoms with Crippen LogP contribution in [0.25, 0.3) is 0 Å². The van der Waals surface area contributed by atoms with E-state index in [-0.39, 0.29) is 18.1 Å². The summed E-state index contributed by atoms with van der Waals surface area (Å²) in [6.45, 7) is 2.80. The molecule has 0 aliphatic carbocycles. The van der Waals surface area contributed by atoms with Crippen molar-refractivity contribution in [3.8, 4) is 0 Å². The average Bonchev–Trinajstić information content (AvgIpc) is 2.91. The van der Waals surface area contributed by atoms with Gasteiger partial charge in [-0.1, -0.05) is 42.5 Å². The number of benzene rings is 2. The van der Waals surface area contributed by atoms with E-state index in [4.69, 9.17) is 9.47 Å². The highest BCUT2D eigenvalue weighted by atomic mass is 16.5. The lowest BCUT2D eigenvalue weighted by Gasteiger charge is -2.26. The molecule has 2 amide bonds. The van der Waals surface area contributed by atoms with Gasteiger partial charge in [-0.05, 0) is 55.5 Å². The Hall–Kier alpha value is -2.94. The molecule has 8 heteroatoms. The van der Waals surface area contributed by atoms with E-state index in [2.05, 4.69) is 20.7 Å². The highest BCUT2D eigenvalue weighted by Crippen LogP contribution is 2.26. The van der Waals surface area contributed by atoms with Crippen molar-refractivity contribution in [1.29, 1.82) is 0 Å². The molecule has 3 atom stereocenters. The Morgan fingerprint density at radius 3 is 2.60 bits per heavy atom. The van der Waals surface area contributed by atoms with Gasteiger partial charge in [-0.15, -0.1) is 0 Å². The van der Waals surface area contributed by atoms with Crippen molar-refractivity contribution < 1.29 is 23.8 Å². The summed E-state index contributed by atoms with van der Waals surface area (Å²) in [6.07, 6.45) is 2.37. The Bertz CT molecular complexity index is 918. The predicted molar refractivity (Wildman–Crippen MR) is 134 cm³/mol. The number of carbonyl (C=O) groups excluding carboxylic acids is 2. The molecule has 0 saturated carbocycles. The summed E-state index contributed by atoms with van der Waals surface area (Å²) < 4.78 is 16.3. The number of amides is 2. The first kappa shape index (κ1) is 26.7. The van der Waals surface area contributed by atoms with Crippen molar-refractivity contribution in [2.45, 2.75) is 31.4 Å². The number of rotatable bonds is 12. The van der Waals surface area contributed by atoms with Gasteiger partial charge in [-0.2, -0.15) is 0 Å². The highest BCUT2D eigenvalue weighted by molar-refractivity contribution is 5.94. The molecule has 2 aromatic carbocycles. The topological polar surface area (TPSA) is 97.9 Å². The van der Waals surface area contributed by atoms with Gasteiger partial charge in [-0.25, -0.2) is 4.79 Å². The van der Waals surface area contributed by atoms with Crippen molar-refractivity contribution in [1.82, 2.24) is 16.0 Å². The van der Waals surface area contributed by atoms with E-state index in [9.17, 15) is 9.59 Å². The second kappa shape index (κ2) is 14.5. The van der Waals surface area contributed by atoms with Gasteiger partial charge in [0.25, 0.3) is 5.91 Å². The molecule has 190 valence electrons. The Morgan fingerprint density at radius 2 is 1.89 bits per heavy atom. The average molecular weight is 484 g/mol. The van der Waals surface area contributed by atoms with E-state index < -0.39 is 6.09 Å². The highest BCUT2D eigenvalue weighted by Gasteiger charge is 2.20. The molecule has 3 rings (SSSR count). The number of likely N-dealkylation sites (N-methyl/N-ethyl adjacent to an activating group) is 1. The third-order valence-electron chi connectivity index (χ3n) is 6.18. The minimum atomic E-state index is -0.501. The van der Waals surface area contributed by atoms with Crippen LogP contribution in [0.4, 0.5) is 4.79 Å². The monoisotopic (exact) mass is 483 g/mol. The van der Waals surface area contributed by atoms with Crippen LogP contribution in [0, 0.1) is 5.92 Å². The SMILES string of the molecule is CN[C@H](CNC(=O)c1cccc([C@H](OCCNC(=O)OC)c2ccccc2)c1)C[C@H]1CCCOC1. The third-order valence-corrected chi connectivity index (χ3v) is 6.18. The zero-order valence-corrected chi connectivity index (χ0v) is 20.6. The van der Waals surface area contributed by atoms with Crippen LogP contribution in [-0.2, 0) is 14.2 Å². The maximum absolute atomic E-state index is 13.0. The van der Waals surface area contributed by atoms with Crippen molar-refractivity contribution in [2.75, 3.05) is 47.1 Å². The van der Waals surface area contributed by atoms with E-state index in [0.717, 1.165) is 37.2 Å². The fraction of sp³-hybridized carbons (Fsp3) is 0.481. The molecule has 0 unspecified atom stereocenters. The van der Waals surface area contributed by atoms with Gasteiger partial charge < -0.3 is 30.2 Å². The fourth-order valence-corrected chi connectivity index (χ4v) is 4.27. The quantitative estimate of drug-likeness (QED) is 0.401. The smallest absolute Gasteiger partial charge is 0.406 e. The molecule has 35 heavy (non-hydrogen) atoms. The van der Waals surface area contributed by atoms with Gasteiger partial charge >= 0.3 is 6.09 Å². The predicted octanol–water partition coefficient (Wildman–Crippen LogP) is 3.28. The Kier molecular flexibility index (Phi) is 11.0. The number of hydrogen-bond acceptors (Lipinski definition) is 6. The molecule has 0 radical (unpaired) electrons. The summed E-state index contributed by atoms with van der Waals surface area (Å²) in [7, 11) is 3.25. The minimum Gasteiger partial charge on any atom is -0.453 e. The van der Waals surface area contributed by atoms with Gasteiger partial charge in [0, 0.05) is 37.9 Å². The molecule has 0 aromatic heterocycles. The largest absolute Gasteiger partial charge is 0.453 e. The molecule has 3 N–H and O–H groups in total. The normalized spacial score (nSPS) is 17.3. The van der Waals surface area contributed by atoms with Crippen molar-refractivity contribution in [3.05, 3.63) is 71.3 Å². The maximum atomic E-state index is 13.0. The fourth-order valence-electron chi connectivity index (χ4n) is 4.27. The molecule has 0 bridgehead atoms. The summed E-state index contributed by atoms with van der Waals surface area (Å²) in [6, 6.07) is 17.5. The second-order valence-electron chi connectivity index (χ2n) is 8.72. The Morgan fingerprint density at radius 1 is 1.09 bits per heavy atom. The van der Waals surface area contributed by atoms with Crippen LogP contribution in [-0.4, -0.2) is 65.1 Å². The Balaban J connectivity index is 1.63. The van der Waals surface area contributed by atoms with Crippen LogP contribution in [0.1, 0.15) is 46.9 Å². The van der Waals surface area contributed by atoms with Gasteiger partial charge in [0.05, 0.1) is 13.7 Å². The number of hydrogen-bond donors (Lipinski definition) is 3.